The van der Waals surface area contributed by atoms with Crippen LogP contribution in [0.5, 0.6) is 0 Å². The first-order valence-electron chi connectivity index (χ1n) is 7.38. The van der Waals surface area contributed by atoms with E-state index in [-0.39, 0.29) is 32.6 Å². The average molecular weight is 397 g/mol. The number of methoxy groups -OCH3 is 1. The first-order valence-corrected chi connectivity index (χ1v) is 9.24. The summed E-state index contributed by atoms with van der Waals surface area (Å²) in [4.78, 5) is 25.0. The number of carbonyl (C=O) groups is 2. The van der Waals surface area contributed by atoms with Gasteiger partial charge >= 0.3 is 5.97 Å². The van der Waals surface area contributed by atoms with Crippen LogP contribution in [-0.2, 0) is 14.8 Å². The highest BCUT2D eigenvalue weighted by Gasteiger charge is 2.21. The number of hydrogen-bond donors (Lipinski definition) is 1. The Morgan fingerprint density at radius 2 is 1.81 bits per heavy atom. The number of ether oxygens (including phenoxy) is 1. The molecule has 0 saturated carbocycles. The molecular weight excluding hydrogens is 380 g/mol. The van der Waals surface area contributed by atoms with Crippen LogP contribution in [0.25, 0.3) is 0 Å². The van der Waals surface area contributed by atoms with Gasteiger partial charge in [0.15, 0.2) is 0 Å². The highest BCUT2D eigenvalue weighted by molar-refractivity contribution is 7.92. The lowest BCUT2D eigenvalue weighted by molar-refractivity contribution is 0.0600. The van der Waals surface area contributed by atoms with Crippen LogP contribution in [0.15, 0.2) is 47.4 Å². The number of carbonyl (C=O) groups excluding carboxylic acids is 2. The second kappa shape index (κ2) is 7.76. The fraction of sp³-hybridized carbons (Fsp3) is 0.176. The van der Waals surface area contributed by atoms with Gasteiger partial charge in [0, 0.05) is 19.1 Å². The fourth-order valence-electron chi connectivity index (χ4n) is 2.14. The van der Waals surface area contributed by atoms with E-state index in [2.05, 4.69) is 9.46 Å². The van der Waals surface area contributed by atoms with Crippen molar-refractivity contribution in [2.24, 2.45) is 0 Å². The molecule has 2 aromatic carbocycles. The molecule has 2 rings (SSSR count). The number of amides is 1. The van der Waals surface area contributed by atoms with E-state index in [0.717, 1.165) is 0 Å². The van der Waals surface area contributed by atoms with Crippen LogP contribution in [0.2, 0.25) is 5.02 Å². The minimum absolute atomic E-state index is 0.0414. The molecule has 0 aromatic heterocycles. The van der Waals surface area contributed by atoms with Crippen molar-refractivity contribution in [3.63, 3.8) is 0 Å². The highest BCUT2D eigenvalue weighted by atomic mass is 35.5. The van der Waals surface area contributed by atoms with E-state index in [1.54, 1.807) is 14.1 Å². The first kappa shape index (κ1) is 19.7. The Bertz CT molecular complexity index is 957. The molecule has 2 aromatic rings. The summed E-state index contributed by atoms with van der Waals surface area (Å²) in [5.41, 5.74) is 0.276. The molecule has 7 nitrogen and oxygen atoms in total. The van der Waals surface area contributed by atoms with E-state index < -0.39 is 16.0 Å². The number of sulfonamides is 1. The Labute approximate surface area is 156 Å². The molecular formula is C17H17ClN2O5S. The number of anilines is 1. The molecule has 0 heterocycles. The van der Waals surface area contributed by atoms with Crippen LogP contribution in [0.3, 0.4) is 0 Å². The van der Waals surface area contributed by atoms with E-state index in [1.165, 1.54) is 54.5 Å². The van der Waals surface area contributed by atoms with Crippen molar-refractivity contribution in [3.8, 4) is 0 Å². The molecule has 1 N–H and O–H groups in total. The maximum Gasteiger partial charge on any atom is 0.337 e. The minimum Gasteiger partial charge on any atom is -0.465 e. The van der Waals surface area contributed by atoms with Crippen molar-refractivity contribution in [1.82, 2.24) is 4.90 Å². The molecule has 26 heavy (non-hydrogen) atoms. The maximum absolute atomic E-state index is 12.7. The summed E-state index contributed by atoms with van der Waals surface area (Å²) in [6.45, 7) is 0. The van der Waals surface area contributed by atoms with Crippen molar-refractivity contribution in [1.29, 1.82) is 0 Å². The predicted octanol–water partition coefficient (Wildman–Crippen LogP) is 2.63. The van der Waals surface area contributed by atoms with E-state index in [4.69, 9.17) is 11.6 Å². The molecule has 9 heteroatoms. The Hall–Kier alpha value is -2.58. The smallest absolute Gasteiger partial charge is 0.337 e. The van der Waals surface area contributed by atoms with Crippen molar-refractivity contribution in [2.45, 2.75) is 4.90 Å². The van der Waals surface area contributed by atoms with E-state index >= 15 is 0 Å². The van der Waals surface area contributed by atoms with Crippen LogP contribution in [0, 0.1) is 0 Å². The zero-order valence-electron chi connectivity index (χ0n) is 14.3. The SMILES string of the molecule is COC(=O)c1cccc(S(=O)(=O)Nc2cc(Cl)ccc2C(=O)N(C)C)c1. The van der Waals surface area contributed by atoms with Crippen molar-refractivity contribution >= 4 is 39.2 Å². The van der Waals surface area contributed by atoms with Crippen LogP contribution in [0.4, 0.5) is 5.69 Å². The molecule has 0 fully saturated rings. The standard InChI is InChI=1S/C17H17ClN2O5S/c1-20(2)16(21)14-8-7-12(18)10-15(14)19-26(23,24)13-6-4-5-11(9-13)17(22)25-3/h4-10,19H,1-3H3. The van der Waals surface area contributed by atoms with Gasteiger partial charge in [-0.1, -0.05) is 17.7 Å². The van der Waals surface area contributed by atoms with Gasteiger partial charge < -0.3 is 9.64 Å². The van der Waals surface area contributed by atoms with Crippen molar-refractivity contribution in [3.05, 3.63) is 58.6 Å². The van der Waals surface area contributed by atoms with Crippen molar-refractivity contribution in [2.75, 3.05) is 25.9 Å². The molecule has 0 saturated heterocycles. The molecule has 0 atom stereocenters. The fourth-order valence-corrected chi connectivity index (χ4v) is 3.43. The zero-order valence-corrected chi connectivity index (χ0v) is 15.9. The predicted molar refractivity (Wildman–Crippen MR) is 98.1 cm³/mol. The van der Waals surface area contributed by atoms with Gasteiger partial charge in [-0.2, -0.15) is 0 Å². The molecule has 0 unspecified atom stereocenters. The van der Waals surface area contributed by atoms with Crippen LogP contribution < -0.4 is 4.72 Å². The second-order valence-electron chi connectivity index (χ2n) is 5.51. The third kappa shape index (κ3) is 4.33. The Kier molecular flexibility index (Phi) is 5.89. The number of nitrogens with one attached hydrogen (secondary N) is 1. The summed E-state index contributed by atoms with van der Waals surface area (Å²) >= 11 is 5.94. The van der Waals surface area contributed by atoms with Crippen LogP contribution in [0.1, 0.15) is 20.7 Å². The van der Waals surface area contributed by atoms with E-state index in [0.29, 0.717) is 0 Å². The molecule has 138 valence electrons. The maximum atomic E-state index is 12.7. The topological polar surface area (TPSA) is 92.8 Å². The van der Waals surface area contributed by atoms with E-state index in [1.807, 2.05) is 0 Å². The lowest BCUT2D eigenvalue weighted by Crippen LogP contribution is -2.24. The number of halogens is 1. The molecule has 1 amide bonds. The summed E-state index contributed by atoms with van der Waals surface area (Å²) in [7, 11) is 0.239. The van der Waals surface area contributed by atoms with Gasteiger partial charge in [0.1, 0.15) is 0 Å². The third-order valence-electron chi connectivity index (χ3n) is 3.43. The van der Waals surface area contributed by atoms with Gasteiger partial charge in [0.25, 0.3) is 15.9 Å². The Morgan fingerprint density at radius 1 is 1.12 bits per heavy atom. The van der Waals surface area contributed by atoms with Gasteiger partial charge in [-0.25, -0.2) is 13.2 Å². The number of esters is 1. The highest BCUT2D eigenvalue weighted by Crippen LogP contribution is 2.25. The Morgan fingerprint density at radius 3 is 2.42 bits per heavy atom. The Balaban J connectivity index is 2.46. The number of benzene rings is 2. The van der Waals surface area contributed by atoms with Crippen LogP contribution >= 0.6 is 11.6 Å². The first-order chi connectivity index (χ1) is 12.2. The number of hydrogen-bond acceptors (Lipinski definition) is 5. The summed E-state index contributed by atoms with van der Waals surface area (Å²) in [6.07, 6.45) is 0. The number of rotatable bonds is 5. The summed E-state index contributed by atoms with van der Waals surface area (Å²) < 4.78 is 32.3. The lowest BCUT2D eigenvalue weighted by Gasteiger charge is -2.16. The quantitative estimate of drug-likeness (QED) is 0.784. The monoisotopic (exact) mass is 396 g/mol. The van der Waals surface area contributed by atoms with Gasteiger partial charge in [-0.3, -0.25) is 9.52 Å². The molecule has 0 bridgehead atoms. The van der Waals surface area contributed by atoms with Gasteiger partial charge in [-0.15, -0.1) is 0 Å². The van der Waals surface area contributed by atoms with Crippen LogP contribution in [-0.4, -0.2) is 46.4 Å². The average Bonchev–Trinajstić information content (AvgIpc) is 2.60. The molecule has 0 radical (unpaired) electrons. The largest absolute Gasteiger partial charge is 0.465 e. The minimum atomic E-state index is -4.06. The zero-order chi connectivity index (χ0) is 19.5. The van der Waals surface area contributed by atoms with Gasteiger partial charge in [-0.05, 0) is 36.4 Å². The normalized spacial score (nSPS) is 10.9. The van der Waals surface area contributed by atoms with E-state index in [9.17, 15) is 18.0 Å². The lowest BCUT2D eigenvalue weighted by atomic mass is 10.1. The summed E-state index contributed by atoms with van der Waals surface area (Å²) in [5.74, 6) is -1.05. The van der Waals surface area contributed by atoms with Crippen molar-refractivity contribution < 1.29 is 22.7 Å². The summed E-state index contributed by atoms with van der Waals surface area (Å²) in [5, 5.41) is 0.265. The third-order valence-corrected chi connectivity index (χ3v) is 5.03. The summed E-state index contributed by atoms with van der Waals surface area (Å²) in [6, 6.07) is 9.65. The molecule has 0 aliphatic heterocycles. The van der Waals surface area contributed by atoms with Gasteiger partial charge in [0.05, 0.1) is 28.8 Å². The van der Waals surface area contributed by atoms with Gasteiger partial charge in [0.2, 0.25) is 0 Å². The second-order valence-corrected chi connectivity index (χ2v) is 7.63. The number of nitrogens with zero attached hydrogens (tertiary/aromatic N) is 1. The molecule has 0 aliphatic carbocycles. The molecule has 0 spiro atoms. The molecule has 0 aliphatic rings.